The number of amides is 1. The van der Waals surface area contributed by atoms with Gasteiger partial charge in [0, 0.05) is 6.42 Å². The van der Waals surface area contributed by atoms with Crippen LogP contribution in [0.5, 0.6) is 0 Å². The van der Waals surface area contributed by atoms with Crippen LogP contribution in [0, 0.1) is 23.7 Å². The van der Waals surface area contributed by atoms with Gasteiger partial charge in [0.25, 0.3) is 0 Å². The van der Waals surface area contributed by atoms with Crippen LogP contribution in [0.4, 0.5) is 0 Å². The predicted molar refractivity (Wildman–Crippen MR) is 72.6 cm³/mol. The highest BCUT2D eigenvalue weighted by atomic mass is 16.4. The molecule has 4 atom stereocenters. The molecular formula is C15H25NO3. The number of aliphatic carboxylic acids is 1. The van der Waals surface area contributed by atoms with Gasteiger partial charge in [-0.25, -0.2) is 4.79 Å². The minimum Gasteiger partial charge on any atom is -0.480 e. The fourth-order valence-electron chi connectivity index (χ4n) is 3.81. The van der Waals surface area contributed by atoms with Crippen LogP contribution >= 0.6 is 0 Å². The van der Waals surface area contributed by atoms with E-state index in [1.165, 1.54) is 25.7 Å². The molecule has 0 saturated heterocycles. The van der Waals surface area contributed by atoms with Crippen LogP contribution in [0.25, 0.3) is 0 Å². The molecule has 19 heavy (non-hydrogen) atoms. The number of rotatable bonds is 6. The quantitative estimate of drug-likeness (QED) is 0.776. The fourth-order valence-corrected chi connectivity index (χ4v) is 3.81. The molecule has 0 aromatic heterocycles. The van der Waals surface area contributed by atoms with Crippen molar-refractivity contribution in [2.24, 2.45) is 23.7 Å². The Morgan fingerprint density at radius 2 is 2.00 bits per heavy atom. The first kappa shape index (κ1) is 14.4. The van der Waals surface area contributed by atoms with E-state index in [-0.39, 0.29) is 11.8 Å². The number of hydrogen-bond donors (Lipinski definition) is 2. The standard InChI is InChI=1S/C15H25NO3/c1-9(2)5-13(15(18)19)16-14(17)8-12-7-10-3-4-11(12)6-10/h9-13H,3-8H2,1-2H3,(H,16,17)(H,18,19)/t10?,11?,12?,13-/m1/s1. The molecule has 2 bridgehead atoms. The maximum atomic E-state index is 12.0. The molecule has 2 aliphatic carbocycles. The Morgan fingerprint density at radius 1 is 1.26 bits per heavy atom. The maximum Gasteiger partial charge on any atom is 0.326 e. The van der Waals surface area contributed by atoms with Gasteiger partial charge < -0.3 is 10.4 Å². The van der Waals surface area contributed by atoms with E-state index in [9.17, 15) is 9.59 Å². The Balaban J connectivity index is 1.81. The molecule has 2 aliphatic rings. The molecule has 0 radical (unpaired) electrons. The molecule has 3 unspecified atom stereocenters. The highest BCUT2D eigenvalue weighted by molar-refractivity contribution is 5.83. The molecule has 0 aromatic carbocycles. The van der Waals surface area contributed by atoms with Gasteiger partial charge in [-0.15, -0.1) is 0 Å². The SMILES string of the molecule is CC(C)C[C@@H](NC(=O)CC1CC2CCC1C2)C(=O)O. The molecule has 4 heteroatoms. The topological polar surface area (TPSA) is 66.4 Å². The Bertz CT molecular complexity index is 353. The first-order valence-corrected chi connectivity index (χ1v) is 7.48. The Hall–Kier alpha value is -1.06. The van der Waals surface area contributed by atoms with Gasteiger partial charge in [0.05, 0.1) is 0 Å². The highest BCUT2D eigenvalue weighted by Crippen LogP contribution is 2.49. The van der Waals surface area contributed by atoms with Crippen molar-refractivity contribution >= 4 is 11.9 Å². The van der Waals surface area contributed by atoms with E-state index < -0.39 is 12.0 Å². The number of carboxylic acid groups (broad SMARTS) is 1. The van der Waals surface area contributed by atoms with Gasteiger partial charge in [-0.05, 0) is 49.4 Å². The zero-order valence-corrected chi connectivity index (χ0v) is 11.9. The van der Waals surface area contributed by atoms with Crippen LogP contribution in [-0.2, 0) is 9.59 Å². The second-order valence-corrected chi connectivity index (χ2v) is 6.73. The summed E-state index contributed by atoms with van der Waals surface area (Å²) >= 11 is 0. The second kappa shape index (κ2) is 5.93. The number of carbonyl (C=O) groups is 2. The van der Waals surface area contributed by atoms with Gasteiger partial charge in [0.2, 0.25) is 5.91 Å². The first-order chi connectivity index (χ1) is 8.95. The molecular weight excluding hydrogens is 242 g/mol. The van der Waals surface area contributed by atoms with Crippen molar-refractivity contribution in [2.45, 2.75) is 58.4 Å². The smallest absolute Gasteiger partial charge is 0.326 e. The first-order valence-electron chi connectivity index (χ1n) is 7.48. The van der Waals surface area contributed by atoms with Gasteiger partial charge in [-0.1, -0.05) is 20.3 Å². The van der Waals surface area contributed by atoms with Crippen molar-refractivity contribution in [3.8, 4) is 0 Å². The summed E-state index contributed by atoms with van der Waals surface area (Å²) in [4.78, 5) is 23.1. The summed E-state index contributed by atoms with van der Waals surface area (Å²) in [6.07, 6.45) is 6.05. The third kappa shape index (κ3) is 3.71. The van der Waals surface area contributed by atoms with Crippen molar-refractivity contribution < 1.29 is 14.7 Å². The normalized spacial score (nSPS) is 30.6. The van der Waals surface area contributed by atoms with E-state index in [4.69, 9.17) is 5.11 Å². The summed E-state index contributed by atoms with van der Waals surface area (Å²) in [5.41, 5.74) is 0. The van der Waals surface area contributed by atoms with Crippen molar-refractivity contribution in [1.29, 1.82) is 0 Å². The number of carboxylic acids is 1. The predicted octanol–water partition coefficient (Wildman–Crippen LogP) is 2.43. The average molecular weight is 267 g/mol. The molecule has 0 spiro atoms. The van der Waals surface area contributed by atoms with E-state index in [1.54, 1.807) is 0 Å². The summed E-state index contributed by atoms with van der Waals surface area (Å²) in [5, 5.41) is 11.8. The lowest BCUT2D eigenvalue weighted by Crippen LogP contribution is -2.42. The van der Waals surface area contributed by atoms with Gasteiger partial charge in [0.1, 0.15) is 6.04 Å². The van der Waals surface area contributed by atoms with E-state index in [2.05, 4.69) is 5.32 Å². The highest BCUT2D eigenvalue weighted by Gasteiger charge is 2.40. The van der Waals surface area contributed by atoms with Crippen molar-refractivity contribution in [3.05, 3.63) is 0 Å². The summed E-state index contributed by atoms with van der Waals surface area (Å²) in [7, 11) is 0. The molecule has 2 fully saturated rings. The van der Waals surface area contributed by atoms with Crippen molar-refractivity contribution in [2.75, 3.05) is 0 Å². The Labute approximate surface area is 115 Å². The molecule has 1 amide bonds. The molecule has 0 heterocycles. The Kier molecular flexibility index (Phi) is 4.48. The van der Waals surface area contributed by atoms with Gasteiger partial charge in [-0.2, -0.15) is 0 Å². The second-order valence-electron chi connectivity index (χ2n) is 6.73. The van der Waals surface area contributed by atoms with Gasteiger partial charge in [-0.3, -0.25) is 4.79 Å². The molecule has 2 N–H and O–H groups in total. The largest absolute Gasteiger partial charge is 0.480 e. The number of carbonyl (C=O) groups excluding carboxylic acids is 1. The summed E-state index contributed by atoms with van der Waals surface area (Å²) in [5.74, 6) is 1.30. The Morgan fingerprint density at radius 3 is 2.47 bits per heavy atom. The zero-order chi connectivity index (χ0) is 14.0. The average Bonchev–Trinajstić information content (AvgIpc) is 2.89. The lowest BCUT2D eigenvalue weighted by atomic mass is 9.86. The molecule has 0 aliphatic heterocycles. The number of nitrogens with one attached hydrogen (secondary N) is 1. The molecule has 4 nitrogen and oxygen atoms in total. The fraction of sp³-hybridized carbons (Fsp3) is 0.867. The van der Waals surface area contributed by atoms with E-state index in [0.29, 0.717) is 24.7 Å². The van der Waals surface area contributed by atoms with E-state index >= 15 is 0 Å². The molecule has 2 saturated carbocycles. The molecule has 0 aromatic rings. The number of hydrogen-bond acceptors (Lipinski definition) is 2. The summed E-state index contributed by atoms with van der Waals surface area (Å²) < 4.78 is 0. The lowest BCUT2D eigenvalue weighted by molar-refractivity contribution is -0.142. The monoisotopic (exact) mass is 267 g/mol. The van der Waals surface area contributed by atoms with Crippen LogP contribution in [0.1, 0.15) is 52.4 Å². The van der Waals surface area contributed by atoms with Gasteiger partial charge >= 0.3 is 5.97 Å². The maximum absolute atomic E-state index is 12.0. The zero-order valence-electron chi connectivity index (χ0n) is 11.9. The molecule has 108 valence electrons. The summed E-state index contributed by atoms with van der Waals surface area (Å²) in [6, 6.07) is -0.730. The van der Waals surface area contributed by atoms with E-state index in [1.807, 2.05) is 13.8 Å². The van der Waals surface area contributed by atoms with E-state index in [0.717, 1.165) is 5.92 Å². The third-order valence-corrected chi connectivity index (χ3v) is 4.67. The van der Waals surface area contributed by atoms with Crippen LogP contribution < -0.4 is 5.32 Å². The lowest BCUT2D eigenvalue weighted by Gasteiger charge is -2.22. The minimum atomic E-state index is -0.921. The van der Waals surface area contributed by atoms with Crippen LogP contribution in [0.3, 0.4) is 0 Å². The van der Waals surface area contributed by atoms with Crippen LogP contribution in [-0.4, -0.2) is 23.0 Å². The van der Waals surface area contributed by atoms with Crippen LogP contribution in [0.15, 0.2) is 0 Å². The van der Waals surface area contributed by atoms with Crippen LogP contribution in [0.2, 0.25) is 0 Å². The van der Waals surface area contributed by atoms with Crippen molar-refractivity contribution in [1.82, 2.24) is 5.32 Å². The van der Waals surface area contributed by atoms with Gasteiger partial charge in [0.15, 0.2) is 0 Å². The molecule has 2 rings (SSSR count). The third-order valence-electron chi connectivity index (χ3n) is 4.67. The minimum absolute atomic E-state index is 0.0781. The summed E-state index contributed by atoms with van der Waals surface area (Å²) in [6.45, 7) is 3.94. The van der Waals surface area contributed by atoms with Crippen molar-refractivity contribution in [3.63, 3.8) is 0 Å². The number of fused-ring (bicyclic) bond motifs is 2.